The molecule has 0 fully saturated rings. The van der Waals surface area contributed by atoms with Gasteiger partial charge in [0, 0.05) is 22.9 Å². The third kappa shape index (κ3) is 3.59. The summed E-state index contributed by atoms with van der Waals surface area (Å²) in [6.45, 7) is 0. The van der Waals surface area contributed by atoms with Crippen LogP contribution >= 0.6 is 0 Å². The van der Waals surface area contributed by atoms with Gasteiger partial charge in [-0.25, -0.2) is 14.4 Å². The van der Waals surface area contributed by atoms with E-state index in [1.165, 1.54) is 36.5 Å². The number of alkyl halides is 3. The molecule has 0 radical (unpaired) electrons. The summed E-state index contributed by atoms with van der Waals surface area (Å²) < 4.78 is 54.5. The van der Waals surface area contributed by atoms with Crippen molar-refractivity contribution >= 4 is 11.2 Å². The molecular weight excluding hydrogens is 362 g/mol. The summed E-state index contributed by atoms with van der Waals surface area (Å²) in [5, 5.41) is 0. The van der Waals surface area contributed by atoms with Crippen molar-refractivity contribution in [3.05, 3.63) is 66.6 Å². The van der Waals surface area contributed by atoms with Gasteiger partial charge in [0.15, 0.2) is 5.65 Å². The fourth-order valence-corrected chi connectivity index (χ4v) is 2.69. The average molecular weight is 373 g/mol. The van der Waals surface area contributed by atoms with E-state index in [2.05, 4.69) is 19.7 Å². The van der Waals surface area contributed by atoms with Crippen LogP contribution in [0.15, 0.2) is 60.8 Å². The van der Waals surface area contributed by atoms with Crippen LogP contribution in [0, 0.1) is 5.82 Å². The number of nitrogens with zero attached hydrogens (tertiary/aromatic N) is 2. The third-order valence-electron chi connectivity index (χ3n) is 3.88. The highest BCUT2D eigenvalue weighted by Crippen LogP contribution is 2.28. The molecule has 4 aromatic rings. The number of imidazole rings is 1. The first kappa shape index (κ1) is 17.0. The molecule has 0 unspecified atom stereocenters. The van der Waals surface area contributed by atoms with Crippen molar-refractivity contribution in [2.45, 2.75) is 6.36 Å². The van der Waals surface area contributed by atoms with Crippen LogP contribution in [0.3, 0.4) is 0 Å². The van der Waals surface area contributed by atoms with Crippen molar-refractivity contribution in [3.63, 3.8) is 0 Å². The highest BCUT2D eigenvalue weighted by atomic mass is 19.4. The number of fused-ring (bicyclic) bond motifs is 1. The Bertz CT molecular complexity index is 1100. The highest BCUT2D eigenvalue weighted by Gasteiger charge is 2.31. The number of hydrogen-bond donors (Lipinski definition) is 1. The van der Waals surface area contributed by atoms with Crippen molar-refractivity contribution in [3.8, 4) is 28.3 Å². The number of benzene rings is 2. The minimum Gasteiger partial charge on any atom is -0.406 e. The van der Waals surface area contributed by atoms with Crippen LogP contribution in [0.25, 0.3) is 33.7 Å². The van der Waals surface area contributed by atoms with E-state index in [4.69, 9.17) is 0 Å². The molecule has 27 heavy (non-hydrogen) atoms. The Kier molecular flexibility index (Phi) is 4.02. The Labute approximate surface area is 150 Å². The first-order valence-electron chi connectivity index (χ1n) is 7.86. The fraction of sp³-hybridized carbons (Fsp3) is 0.0526. The average Bonchev–Trinajstić information content (AvgIpc) is 3.04. The molecule has 0 aliphatic heterocycles. The number of H-pyrrole nitrogens is 1. The molecule has 0 spiro atoms. The summed E-state index contributed by atoms with van der Waals surface area (Å²) >= 11 is 0. The minimum atomic E-state index is -4.74. The van der Waals surface area contributed by atoms with Crippen LogP contribution in [0.4, 0.5) is 17.6 Å². The number of hydrogen-bond acceptors (Lipinski definition) is 3. The van der Waals surface area contributed by atoms with Gasteiger partial charge in [0.05, 0.1) is 5.52 Å². The molecule has 4 nitrogen and oxygen atoms in total. The van der Waals surface area contributed by atoms with E-state index in [9.17, 15) is 17.6 Å². The van der Waals surface area contributed by atoms with Crippen LogP contribution < -0.4 is 4.74 Å². The standard InChI is InChI=1S/C19H11F4N3O/c20-15-4-2-1-3-14(15)12-9-16-18(24-10-12)26-17(25-16)11-5-7-13(8-6-11)27-19(21,22)23/h1-10H,(H,24,25,26). The van der Waals surface area contributed by atoms with E-state index >= 15 is 0 Å². The molecule has 4 rings (SSSR count). The summed E-state index contributed by atoms with van der Waals surface area (Å²) in [5.41, 5.74) is 2.57. The number of aromatic amines is 1. The van der Waals surface area contributed by atoms with Crippen LogP contribution in [0.5, 0.6) is 5.75 Å². The number of aromatic nitrogens is 3. The predicted molar refractivity (Wildman–Crippen MR) is 91.4 cm³/mol. The lowest BCUT2D eigenvalue weighted by Gasteiger charge is -2.08. The van der Waals surface area contributed by atoms with E-state index in [1.807, 2.05) is 0 Å². The van der Waals surface area contributed by atoms with Gasteiger partial charge in [-0.15, -0.1) is 13.2 Å². The van der Waals surface area contributed by atoms with E-state index in [0.717, 1.165) is 0 Å². The second-order valence-electron chi connectivity index (χ2n) is 5.73. The SMILES string of the molecule is Fc1ccccc1-c1cnc2nc(-c3ccc(OC(F)(F)F)cc3)[nH]c2c1. The van der Waals surface area contributed by atoms with Crippen molar-refractivity contribution < 1.29 is 22.3 Å². The molecule has 2 heterocycles. The molecule has 0 bridgehead atoms. The maximum absolute atomic E-state index is 14.0. The van der Waals surface area contributed by atoms with Crippen LogP contribution in [0.1, 0.15) is 0 Å². The van der Waals surface area contributed by atoms with Gasteiger partial charge in [-0.2, -0.15) is 0 Å². The Morgan fingerprint density at radius 3 is 2.37 bits per heavy atom. The predicted octanol–water partition coefficient (Wildman–Crippen LogP) is 5.33. The summed E-state index contributed by atoms with van der Waals surface area (Å²) in [7, 11) is 0. The Morgan fingerprint density at radius 2 is 1.67 bits per heavy atom. The second kappa shape index (κ2) is 6.39. The lowest BCUT2D eigenvalue weighted by molar-refractivity contribution is -0.274. The Hall–Kier alpha value is -3.42. The van der Waals surface area contributed by atoms with Gasteiger partial charge >= 0.3 is 6.36 Å². The first-order valence-corrected chi connectivity index (χ1v) is 7.86. The van der Waals surface area contributed by atoms with Crippen LogP contribution in [-0.4, -0.2) is 21.3 Å². The molecule has 8 heteroatoms. The number of ether oxygens (including phenoxy) is 1. The van der Waals surface area contributed by atoms with Crippen molar-refractivity contribution in [1.29, 1.82) is 0 Å². The van der Waals surface area contributed by atoms with Gasteiger partial charge in [-0.1, -0.05) is 18.2 Å². The molecule has 0 atom stereocenters. The van der Waals surface area contributed by atoms with Gasteiger partial charge in [0.1, 0.15) is 17.4 Å². The molecule has 0 saturated carbocycles. The van der Waals surface area contributed by atoms with Crippen LogP contribution in [-0.2, 0) is 0 Å². The zero-order valence-corrected chi connectivity index (χ0v) is 13.6. The highest BCUT2D eigenvalue weighted by molar-refractivity contribution is 5.81. The number of nitrogens with one attached hydrogen (secondary N) is 1. The van der Waals surface area contributed by atoms with E-state index in [1.54, 1.807) is 24.3 Å². The summed E-state index contributed by atoms with van der Waals surface area (Å²) in [4.78, 5) is 11.6. The molecule has 0 amide bonds. The number of pyridine rings is 1. The molecule has 0 aliphatic carbocycles. The molecule has 2 aromatic heterocycles. The first-order chi connectivity index (χ1) is 12.9. The normalized spacial score (nSPS) is 11.7. The monoisotopic (exact) mass is 373 g/mol. The second-order valence-corrected chi connectivity index (χ2v) is 5.73. The summed E-state index contributed by atoms with van der Waals surface area (Å²) in [6.07, 6.45) is -3.22. The van der Waals surface area contributed by atoms with E-state index in [-0.39, 0.29) is 11.6 Å². The number of halogens is 4. The number of rotatable bonds is 3. The third-order valence-corrected chi connectivity index (χ3v) is 3.88. The van der Waals surface area contributed by atoms with Gasteiger partial charge in [-0.05, 0) is 36.4 Å². The lowest BCUT2D eigenvalue weighted by atomic mass is 10.1. The maximum Gasteiger partial charge on any atom is 0.573 e. The summed E-state index contributed by atoms with van der Waals surface area (Å²) in [6, 6.07) is 13.4. The van der Waals surface area contributed by atoms with E-state index in [0.29, 0.717) is 33.7 Å². The molecule has 0 aliphatic rings. The van der Waals surface area contributed by atoms with E-state index < -0.39 is 6.36 Å². The topological polar surface area (TPSA) is 50.8 Å². The zero-order chi connectivity index (χ0) is 19.0. The van der Waals surface area contributed by atoms with Crippen LogP contribution in [0.2, 0.25) is 0 Å². The summed E-state index contributed by atoms with van der Waals surface area (Å²) in [5.74, 6) is -0.247. The molecule has 0 saturated heterocycles. The maximum atomic E-state index is 14.0. The quantitative estimate of drug-likeness (QED) is 0.494. The minimum absolute atomic E-state index is 0.317. The molecule has 1 N–H and O–H groups in total. The molecule has 136 valence electrons. The van der Waals surface area contributed by atoms with Gasteiger partial charge in [0.25, 0.3) is 0 Å². The largest absolute Gasteiger partial charge is 0.573 e. The fourth-order valence-electron chi connectivity index (χ4n) is 2.69. The van der Waals surface area contributed by atoms with Gasteiger partial charge < -0.3 is 9.72 Å². The van der Waals surface area contributed by atoms with Crippen molar-refractivity contribution in [2.24, 2.45) is 0 Å². The van der Waals surface area contributed by atoms with Gasteiger partial charge in [0.2, 0.25) is 0 Å². The smallest absolute Gasteiger partial charge is 0.406 e. The van der Waals surface area contributed by atoms with Crippen molar-refractivity contribution in [1.82, 2.24) is 15.0 Å². The Balaban J connectivity index is 1.67. The Morgan fingerprint density at radius 1 is 0.926 bits per heavy atom. The lowest BCUT2D eigenvalue weighted by Crippen LogP contribution is -2.16. The van der Waals surface area contributed by atoms with Crippen molar-refractivity contribution in [2.75, 3.05) is 0 Å². The zero-order valence-electron chi connectivity index (χ0n) is 13.6. The molecule has 2 aromatic carbocycles. The molecular formula is C19H11F4N3O. The van der Waals surface area contributed by atoms with Gasteiger partial charge in [-0.3, -0.25) is 0 Å².